The number of esters is 1. The molecule has 156 valence electrons. The van der Waals surface area contributed by atoms with E-state index in [1.807, 2.05) is 13.8 Å². The van der Waals surface area contributed by atoms with E-state index in [-0.39, 0.29) is 30.0 Å². The Hall–Kier alpha value is -0.530. The smallest absolute Gasteiger partial charge is 0.453 e. The Morgan fingerprint density at radius 3 is 2.19 bits per heavy atom. The minimum Gasteiger partial charge on any atom is -0.465 e. The molecule has 0 aliphatic heterocycles. The largest absolute Gasteiger partial charge is 0.465 e. The van der Waals surface area contributed by atoms with Crippen LogP contribution >= 0.6 is 11.8 Å². The average molecular weight is 407 g/mol. The molecule has 1 unspecified atom stereocenters. The minimum atomic E-state index is -5.48. The van der Waals surface area contributed by atoms with E-state index in [9.17, 15) is 26.7 Å². The van der Waals surface area contributed by atoms with Gasteiger partial charge in [-0.3, -0.25) is 4.79 Å². The van der Waals surface area contributed by atoms with E-state index in [4.69, 9.17) is 4.74 Å². The van der Waals surface area contributed by atoms with Crippen LogP contribution in [0.2, 0.25) is 0 Å². The Morgan fingerprint density at radius 2 is 1.65 bits per heavy atom. The van der Waals surface area contributed by atoms with Crippen molar-refractivity contribution in [3.63, 3.8) is 0 Å². The highest BCUT2D eigenvalue weighted by atomic mass is 32.2. The Bertz CT molecular complexity index is 386. The summed E-state index contributed by atoms with van der Waals surface area (Å²) in [6, 6.07) is 0. The maximum Gasteiger partial charge on any atom is 0.453 e. The van der Waals surface area contributed by atoms with Gasteiger partial charge in [-0.1, -0.05) is 46.5 Å². The summed E-state index contributed by atoms with van der Waals surface area (Å²) in [7, 11) is 0. The summed E-state index contributed by atoms with van der Waals surface area (Å²) < 4.78 is 67.1. The minimum absolute atomic E-state index is 0.189. The fourth-order valence-corrected chi connectivity index (χ4v) is 3.38. The van der Waals surface area contributed by atoms with Crippen LogP contribution < -0.4 is 0 Å². The van der Waals surface area contributed by atoms with Crippen molar-refractivity contribution in [2.75, 3.05) is 12.4 Å². The molecule has 0 radical (unpaired) electrons. The molecule has 0 saturated carbocycles. The fraction of sp³-hybridized carbons (Fsp3) is 0.944. The number of alkyl halides is 5. The summed E-state index contributed by atoms with van der Waals surface area (Å²) in [5.41, 5.74) is 0. The van der Waals surface area contributed by atoms with Gasteiger partial charge in [-0.05, 0) is 30.9 Å². The van der Waals surface area contributed by atoms with Crippen LogP contribution in [0.15, 0.2) is 0 Å². The fourth-order valence-electron chi connectivity index (χ4n) is 2.18. The van der Waals surface area contributed by atoms with Gasteiger partial charge in [-0.15, -0.1) is 11.8 Å². The van der Waals surface area contributed by atoms with Crippen molar-refractivity contribution in [3.05, 3.63) is 0 Å². The van der Waals surface area contributed by atoms with Crippen molar-refractivity contribution < 1.29 is 31.5 Å². The van der Waals surface area contributed by atoms with E-state index in [0.29, 0.717) is 25.2 Å². The highest BCUT2D eigenvalue weighted by Gasteiger charge is 2.56. The third-order valence-corrected chi connectivity index (χ3v) is 5.12. The second kappa shape index (κ2) is 12.8. The molecule has 0 saturated heterocycles. The molecule has 0 amide bonds. The number of halogens is 5. The summed E-state index contributed by atoms with van der Waals surface area (Å²) in [5, 5.41) is -0.295. The second-order valence-corrected chi connectivity index (χ2v) is 8.20. The Balaban J connectivity index is 4.17. The van der Waals surface area contributed by atoms with Crippen LogP contribution in [-0.2, 0) is 9.53 Å². The van der Waals surface area contributed by atoms with Crippen LogP contribution in [0.25, 0.3) is 0 Å². The Labute approximate surface area is 157 Å². The van der Waals surface area contributed by atoms with Gasteiger partial charge < -0.3 is 4.74 Å². The first-order chi connectivity index (χ1) is 12.0. The first-order valence-corrected chi connectivity index (χ1v) is 10.3. The molecule has 0 aromatic rings. The maximum absolute atomic E-state index is 12.8. The first kappa shape index (κ1) is 25.5. The van der Waals surface area contributed by atoms with Gasteiger partial charge in [-0.25, -0.2) is 0 Å². The number of hydrogen-bond donors (Lipinski definition) is 0. The topological polar surface area (TPSA) is 26.3 Å². The molecule has 2 nitrogen and oxygen atoms in total. The number of carbonyl (C=O) groups is 1. The Morgan fingerprint density at radius 1 is 1.00 bits per heavy atom. The van der Waals surface area contributed by atoms with Gasteiger partial charge in [-0.2, -0.15) is 22.0 Å². The quantitative estimate of drug-likeness (QED) is 0.184. The predicted octanol–water partition coefficient (Wildman–Crippen LogP) is 6.63. The third kappa shape index (κ3) is 11.2. The SMILES string of the molecule is CCCCCC(SCCCCCC(F)(F)C(F)(F)F)C(=O)OCC(C)C. The van der Waals surface area contributed by atoms with Crippen LogP contribution in [0.1, 0.15) is 72.1 Å². The van der Waals surface area contributed by atoms with Crippen molar-refractivity contribution in [2.24, 2.45) is 5.92 Å². The summed E-state index contributed by atoms with van der Waals surface area (Å²) in [4.78, 5) is 12.1. The normalized spacial score (nSPS) is 13.9. The van der Waals surface area contributed by atoms with E-state index >= 15 is 0 Å². The van der Waals surface area contributed by atoms with Crippen molar-refractivity contribution >= 4 is 17.7 Å². The van der Waals surface area contributed by atoms with E-state index in [2.05, 4.69) is 6.92 Å². The third-order valence-electron chi connectivity index (χ3n) is 3.76. The molecule has 0 bridgehead atoms. The zero-order chi connectivity index (χ0) is 20.2. The number of ether oxygens (including phenoxy) is 1. The van der Waals surface area contributed by atoms with Gasteiger partial charge in [0.25, 0.3) is 0 Å². The van der Waals surface area contributed by atoms with Gasteiger partial charge in [0.2, 0.25) is 0 Å². The molecule has 8 heteroatoms. The molecule has 0 heterocycles. The van der Waals surface area contributed by atoms with Crippen molar-refractivity contribution in [1.82, 2.24) is 0 Å². The lowest BCUT2D eigenvalue weighted by Gasteiger charge is -2.19. The first-order valence-electron chi connectivity index (χ1n) is 9.24. The van der Waals surface area contributed by atoms with Crippen LogP contribution in [0, 0.1) is 5.92 Å². The van der Waals surface area contributed by atoms with Gasteiger partial charge in [0.1, 0.15) is 5.25 Å². The van der Waals surface area contributed by atoms with E-state index in [1.165, 1.54) is 11.8 Å². The Kier molecular flexibility index (Phi) is 12.5. The van der Waals surface area contributed by atoms with Crippen molar-refractivity contribution in [1.29, 1.82) is 0 Å². The summed E-state index contributed by atoms with van der Waals surface area (Å²) in [6.45, 7) is 6.32. The number of unbranched alkanes of at least 4 members (excludes halogenated alkanes) is 4. The molecule has 26 heavy (non-hydrogen) atoms. The zero-order valence-corrected chi connectivity index (χ0v) is 16.7. The molecule has 0 aliphatic carbocycles. The van der Waals surface area contributed by atoms with Crippen molar-refractivity contribution in [3.8, 4) is 0 Å². The maximum atomic E-state index is 12.8. The summed E-state index contributed by atoms with van der Waals surface area (Å²) in [5.74, 6) is -4.09. The standard InChI is InChI=1S/C18H31F5O2S/c1-4-5-7-10-15(16(24)25-13-14(2)3)26-12-9-6-8-11-17(19,20)18(21,22)23/h14-15H,4-13H2,1-3H3. The lowest BCUT2D eigenvalue weighted by molar-refractivity contribution is -0.284. The average Bonchev–Trinajstić information content (AvgIpc) is 2.53. The molecule has 0 aromatic heterocycles. The highest BCUT2D eigenvalue weighted by molar-refractivity contribution is 8.00. The monoisotopic (exact) mass is 406 g/mol. The van der Waals surface area contributed by atoms with E-state index in [1.54, 1.807) is 0 Å². The molecule has 0 rings (SSSR count). The van der Waals surface area contributed by atoms with Crippen LogP contribution in [-0.4, -0.2) is 35.7 Å². The van der Waals surface area contributed by atoms with Crippen LogP contribution in [0.3, 0.4) is 0 Å². The molecule has 1 atom stereocenters. The zero-order valence-electron chi connectivity index (χ0n) is 15.8. The van der Waals surface area contributed by atoms with E-state index < -0.39 is 18.5 Å². The van der Waals surface area contributed by atoms with Crippen LogP contribution in [0.4, 0.5) is 22.0 Å². The highest BCUT2D eigenvalue weighted by Crippen LogP contribution is 2.39. The number of carbonyl (C=O) groups excluding carboxylic acids is 1. The summed E-state index contributed by atoms with van der Waals surface area (Å²) in [6.07, 6.45) is -2.42. The second-order valence-electron chi connectivity index (χ2n) is 6.89. The van der Waals surface area contributed by atoms with E-state index in [0.717, 1.165) is 19.3 Å². The number of rotatable bonds is 14. The lowest BCUT2D eigenvalue weighted by atomic mass is 10.1. The number of hydrogen-bond acceptors (Lipinski definition) is 3. The lowest BCUT2D eigenvalue weighted by Crippen LogP contribution is -2.36. The van der Waals surface area contributed by atoms with Gasteiger partial charge in [0, 0.05) is 6.42 Å². The molecule has 0 fully saturated rings. The summed E-state index contributed by atoms with van der Waals surface area (Å²) >= 11 is 1.41. The van der Waals surface area contributed by atoms with Crippen LogP contribution in [0.5, 0.6) is 0 Å². The molecule has 0 spiro atoms. The molecular formula is C18H31F5O2S. The van der Waals surface area contributed by atoms with Gasteiger partial charge in [0.05, 0.1) is 6.61 Å². The number of thioether (sulfide) groups is 1. The van der Waals surface area contributed by atoms with Crippen molar-refractivity contribution in [2.45, 2.75) is 89.5 Å². The predicted molar refractivity (Wildman–Crippen MR) is 95.7 cm³/mol. The van der Waals surface area contributed by atoms with Gasteiger partial charge in [0.15, 0.2) is 0 Å². The molecular weight excluding hydrogens is 375 g/mol. The molecule has 0 aliphatic rings. The molecule has 0 aromatic carbocycles. The van der Waals surface area contributed by atoms with Gasteiger partial charge >= 0.3 is 18.1 Å². The molecule has 0 N–H and O–H groups in total.